The third-order valence-electron chi connectivity index (χ3n) is 4.65. The fourth-order valence-electron chi connectivity index (χ4n) is 3.06. The minimum Gasteiger partial charge on any atom is -0.373 e. The summed E-state index contributed by atoms with van der Waals surface area (Å²) in [6.07, 6.45) is 2.01. The predicted molar refractivity (Wildman–Crippen MR) is 101 cm³/mol. The molecule has 0 bridgehead atoms. The Hall–Kier alpha value is -2.10. The Morgan fingerprint density at radius 3 is 2.74 bits per heavy atom. The predicted octanol–water partition coefficient (Wildman–Crippen LogP) is 2.21. The smallest absolute Gasteiger partial charge is 0.243 e. The van der Waals surface area contributed by atoms with Crippen LogP contribution in [0.3, 0.4) is 0 Å². The van der Waals surface area contributed by atoms with Gasteiger partial charge in [0.15, 0.2) is 0 Å². The van der Waals surface area contributed by atoms with E-state index in [4.69, 9.17) is 0 Å². The first-order valence-corrected chi connectivity index (χ1v) is 10.3. The highest BCUT2D eigenvalue weighted by atomic mass is 32.2. The van der Waals surface area contributed by atoms with Crippen LogP contribution in [-0.4, -0.2) is 43.3 Å². The van der Waals surface area contributed by atoms with Gasteiger partial charge in [0.25, 0.3) is 0 Å². The zero-order chi connectivity index (χ0) is 19.6. The normalized spacial score (nSPS) is 17.4. The Bertz CT molecular complexity index is 929. The summed E-state index contributed by atoms with van der Waals surface area (Å²) in [5.41, 5.74) is 0.890. The Labute approximate surface area is 159 Å². The number of nitrogens with one attached hydrogen (secondary N) is 2. The van der Waals surface area contributed by atoms with Gasteiger partial charge in [0, 0.05) is 20.2 Å². The van der Waals surface area contributed by atoms with Crippen LogP contribution >= 0.6 is 0 Å². The van der Waals surface area contributed by atoms with Crippen LogP contribution in [0.2, 0.25) is 0 Å². The first-order chi connectivity index (χ1) is 12.8. The highest BCUT2D eigenvalue weighted by molar-refractivity contribution is 7.89. The van der Waals surface area contributed by atoms with Crippen molar-refractivity contribution in [3.8, 4) is 0 Å². The van der Waals surface area contributed by atoms with E-state index in [0.717, 1.165) is 19.4 Å². The number of benzene rings is 1. The van der Waals surface area contributed by atoms with Crippen molar-refractivity contribution in [1.82, 2.24) is 19.6 Å². The average molecular weight is 393 g/mol. The molecule has 9 heteroatoms. The standard InChI is InChI=1S/C18H24FN5O2S/c1-12-9-14(6-7-15(12)19)27(25,26)24(3)11-13-10-17(20-2)23-18(22-13)16-5-4-8-21-16/h6-7,9-10,16,21H,4-5,8,11H2,1-3H3,(H,20,22,23)/t16-/m0/s1. The van der Waals surface area contributed by atoms with Crippen molar-refractivity contribution in [2.24, 2.45) is 0 Å². The first-order valence-electron chi connectivity index (χ1n) is 8.82. The van der Waals surface area contributed by atoms with Gasteiger partial charge < -0.3 is 10.6 Å². The number of hydrogen-bond donors (Lipinski definition) is 2. The summed E-state index contributed by atoms with van der Waals surface area (Å²) in [5, 5.41) is 6.35. The van der Waals surface area contributed by atoms with Crippen LogP contribution in [0.15, 0.2) is 29.2 Å². The molecule has 1 fully saturated rings. The van der Waals surface area contributed by atoms with Crippen LogP contribution in [-0.2, 0) is 16.6 Å². The van der Waals surface area contributed by atoms with Crippen LogP contribution in [0.5, 0.6) is 0 Å². The average Bonchev–Trinajstić information content (AvgIpc) is 3.18. The van der Waals surface area contributed by atoms with Gasteiger partial charge in [-0.2, -0.15) is 4.31 Å². The second kappa shape index (κ2) is 7.87. The molecular weight excluding hydrogens is 369 g/mol. The molecular formula is C18H24FN5O2S. The van der Waals surface area contributed by atoms with E-state index in [-0.39, 0.29) is 17.5 Å². The molecule has 1 atom stereocenters. The van der Waals surface area contributed by atoms with Gasteiger partial charge in [0.1, 0.15) is 17.5 Å². The Morgan fingerprint density at radius 2 is 2.11 bits per heavy atom. The molecule has 1 aliphatic rings. The highest BCUT2D eigenvalue weighted by Gasteiger charge is 2.24. The lowest BCUT2D eigenvalue weighted by molar-refractivity contribution is 0.459. The second-order valence-electron chi connectivity index (χ2n) is 6.67. The first kappa shape index (κ1) is 19.7. The molecule has 27 heavy (non-hydrogen) atoms. The van der Waals surface area contributed by atoms with Gasteiger partial charge in [-0.05, 0) is 50.1 Å². The third-order valence-corrected chi connectivity index (χ3v) is 6.45. The minimum atomic E-state index is -3.76. The van der Waals surface area contributed by atoms with Crippen LogP contribution in [0, 0.1) is 12.7 Å². The van der Waals surface area contributed by atoms with Crippen LogP contribution in [0.25, 0.3) is 0 Å². The molecule has 3 rings (SSSR count). The summed E-state index contributed by atoms with van der Waals surface area (Å²) in [4.78, 5) is 9.11. The molecule has 0 unspecified atom stereocenters. The number of halogens is 1. The van der Waals surface area contributed by atoms with E-state index in [1.165, 1.54) is 29.6 Å². The van der Waals surface area contributed by atoms with E-state index < -0.39 is 15.8 Å². The topological polar surface area (TPSA) is 87.2 Å². The van der Waals surface area contributed by atoms with E-state index in [1.807, 2.05) is 0 Å². The van der Waals surface area contributed by atoms with Gasteiger partial charge in [-0.3, -0.25) is 0 Å². The second-order valence-corrected chi connectivity index (χ2v) is 8.72. The Balaban J connectivity index is 1.86. The summed E-state index contributed by atoms with van der Waals surface area (Å²) in [7, 11) is -0.505. The lowest BCUT2D eigenvalue weighted by atomic mass is 10.2. The van der Waals surface area contributed by atoms with Gasteiger partial charge in [0.05, 0.1) is 23.2 Å². The number of hydrogen-bond acceptors (Lipinski definition) is 6. The lowest BCUT2D eigenvalue weighted by Gasteiger charge is -2.19. The SMILES string of the molecule is CNc1cc(CN(C)S(=O)(=O)c2ccc(F)c(C)c2)nc([C@@H]2CCCN2)n1. The van der Waals surface area contributed by atoms with Crippen molar-refractivity contribution in [3.05, 3.63) is 47.2 Å². The number of anilines is 1. The van der Waals surface area contributed by atoms with Gasteiger partial charge in [-0.1, -0.05) is 0 Å². The van der Waals surface area contributed by atoms with Gasteiger partial charge in [0.2, 0.25) is 10.0 Å². The van der Waals surface area contributed by atoms with Gasteiger partial charge >= 0.3 is 0 Å². The maximum atomic E-state index is 13.5. The molecule has 1 aromatic heterocycles. The molecule has 146 valence electrons. The molecule has 2 N–H and O–H groups in total. The van der Waals surface area contributed by atoms with Crippen molar-refractivity contribution in [2.75, 3.05) is 26.0 Å². The molecule has 1 aliphatic heterocycles. The number of aryl methyl sites for hydroxylation is 1. The summed E-state index contributed by atoms with van der Waals surface area (Å²) in [5.74, 6) is 0.879. The minimum absolute atomic E-state index is 0.0597. The van der Waals surface area contributed by atoms with Crippen molar-refractivity contribution in [1.29, 1.82) is 0 Å². The molecule has 2 heterocycles. The van der Waals surface area contributed by atoms with Crippen LogP contribution in [0.4, 0.5) is 10.2 Å². The maximum absolute atomic E-state index is 13.5. The lowest BCUT2D eigenvalue weighted by Crippen LogP contribution is -2.27. The zero-order valence-electron chi connectivity index (χ0n) is 15.7. The van der Waals surface area contributed by atoms with E-state index >= 15 is 0 Å². The highest BCUT2D eigenvalue weighted by Crippen LogP contribution is 2.23. The number of aromatic nitrogens is 2. The largest absolute Gasteiger partial charge is 0.373 e. The van der Waals surface area contributed by atoms with Crippen LogP contribution in [0.1, 0.15) is 36.0 Å². The van der Waals surface area contributed by atoms with Gasteiger partial charge in [-0.25, -0.2) is 22.8 Å². The number of sulfonamides is 1. The zero-order valence-corrected chi connectivity index (χ0v) is 16.5. The van der Waals surface area contributed by atoms with E-state index in [0.29, 0.717) is 22.9 Å². The Morgan fingerprint density at radius 1 is 1.33 bits per heavy atom. The van der Waals surface area contributed by atoms with E-state index in [2.05, 4.69) is 20.6 Å². The van der Waals surface area contributed by atoms with Crippen LogP contribution < -0.4 is 10.6 Å². The van der Waals surface area contributed by atoms with Crippen molar-refractivity contribution < 1.29 is 12.8 Å². The summed E-state index contributed by atoms with van der Waals surface area (Å²) < 4.78 is 40.3. The monoisotopic (exact) mass is 393 g/mol. The molecule has 2 aromatic rings. The molecule has 0 amide bonds. The van der Waals surface area contributed by atoms with E-state index in [9.17, 15) is 12.8 Å². The number of nitrogens with zero attached hydrogens (tertiary/aromatic N) is 3. The third kappa shape index (κ3) is 4.26. The van der Waals surface area contributed by atoms with Crippen molar-refractivity contribution in [3.63, 3.8) is 0 Å². The maximum Gasteiger partial charge on any atom is 0.243 e. The molecule has 0 saturated carbocycles. The Kier molecular flexibility index (Phi) is 5.73. The van der Waals surface area contributed by atoms with Crippen molar-refractivity contribution in [2.45, 2.75) is 37.2 Å². The summed E-state index contributed by atoms with van der Waals surface area (Å²) in [6, 6.07) is 5.61. The molecule has 7 nitrogen and oxygen atoms in total. The van der Waals surface area contributed by atoms with E-state index in [1.54, 1.807) is 20.0 Å². The molecule has 1 aromatic carbocycles. The fraction of sp³-hybridized carbons (Fsp3) is 0.444. The molecule has 0 aliphatic carbocycles. The summed E-state index contributed by atoms with van der Waals surface area (Å²) >= 11 is 0. The number of rotatable bonds is 6. The molecule has 0 spiro atoms. The molecule has 1 saturated heterocycles. The fourth-order valence-corrected chi connectivity index (χ4v) is 4.29. The molecule has 0 radical (unpaired) electrons. The summed E-state index contributed by atoms with van der Waals surface area (Å²) in [6.45, 7) is 2.56. The van der Waals surface area contributed by atoms with Crippen molar-refractivity contribution >= 4 is 15.8 Å². The quantitative estimate of drug-likeness (QED) is 0.783. The van der Waals surface area contributed by atoms with Gasteiger partial charge in [-0.15, -0.1) is 0 Å².